The minimum absolute atomic E-state index is 0.748. The first-order valence-corrected chi connectivity index (χ1v) is 7.39. The average Bonchev–Trinajstić information content (AvgIpc) is 2.32. The molecule has 3 nitrogen and oxygen atoms in total. The van der Waals surface area contributed by atoms with Crippen molar-refractivity contribution in [1.29, 1.82) is 0 Å². The van der Waals surface area contributed by atoms with E-state index in [2.05, 4.69) is 58.1 Å². The Balaban J connectivity index is 2.30. The molecule has 6 heteroatoms. The molecule has 1 aromatic heterocycles. The molecule has 2 aromatic rings. The molecule has 0 amide bonds. The molecule has 0 fully saturated rings. The first-order valence-electron chi connectivity index (χ1n) is 5.01. The van der Waals surface area contributed by atoms with Crippen molar-refractivity contribution in [2.45, 2.75) is 0 Å². The SMILES string of the molecule is COc1cc(Br)cc(Nc2ncc(Br)cc2Br)c1. The number of methoxy groups -OCH3 is 1. The van der Waals surface area contributed by atoms with Crippen molar-refractivity contribution in [2.24, 2.45) is 0 Å². The molecule has 0 radical (unpaired) electrons. The van der Waals surface area contributed by atoms with Crippen molar-refractivity contribution in [3.05, 3.63) is 43.9 Å². The third-order valence-corrected chi connectivity index (χ3v) is 3.67. The van der Waals surface area contributed by atoms with E-state index >= 15 is 0 Å². The fourth-order valence-corrected chi connectivity index (χ4v) is 2.95. The van der Waals surface area contributed by atoms with Gasteiger partial charge in [-0.2, -0.15) is 0 Å². The standard InChI is InChI=1S/C12H9Br3N2O/c1-18-10-3-7(13)2-9(5-10)17-12-11(15)4-8(14)6-16-12/h2-6H,1H3,(H,16,17). The zero-order valence-electron chi connectivity index (χ0n) is 9.38. The first kappa shape index (κ1) is 13.8. The normalized spacial score (nSPS) is 10.2. The number of pyridine rings is 1. The lowest BCUT2D eigenvalue weighted by molar-refractivity contribution is 0.415. The van der Waals surface area contributed by atoms with Gasteiger partial charge in [-0.15, -0.1) is 0 Å². The molecule has 0 saturated carbocycles. The molecule has 1 aromatic carbocycles. The van der Waals surface area contributed by atoms with E-state index in [1.165, 1.54) is 0 Å². The lowest BCUT2D eigenvalue weighted by atomic mass is 10.3. The van der Waals surface area contributed by atoms with E-state index in [-0.39, 0.29) is 0 Å². The topological polar surface area (TPSA) is 34.1 Å². The molecule has 18 heavy (non-hydrogen) atoms. The van der Waals surface area contributed by atoms with Crippen LogP contribution < -0.4 is 10.1 Å². The lowest BCUT2D eigenvalue weighted by Crippen LogP contribution is -1.95. The fourth-order valence-electron chi connectivity index (χ4n) is 1.40. The molecule has 94 valence electrons. The van der Waals surface area contributed by atoms with Gasteiger partial charge in [0, 0.05) is 26.9 Å². The van der Waals surface area contributed by atoms with Crippen molar-refractivity contribution in [2.75, 3.05) is 12.4 Å². The van der Waals surface area contributed by atoms with Crippen LogP contribution in [0.15, 0.2) is 43.9 Å². The highest BCUT2D eigenvalue weighted by Gasteiger charge is 2.05. The molecule has 0 atom stereocenters. The van der Waals surface area contributed by atoms with E-state index in [1.807, 2.05) is 24.3 Å². The molecule has 0 unspecified atom stereocenters. The maximum atomic E-state index is 5.21. The van der Waals surface area contributed by atoms with Crippen molar-refractivity contribution >= 4 is 59.3 Å². The number of benzene rings is 1. The number of aromatic nitrogens is 1. The quantitative estimate of drug-likeness (QED) is 0.725. The highest BCUT2D eigenvalue weighted by molar-refractivity contribution is 9.11. The fraction of sp³-hybridized carbons (Fsp3) is 0.0833. The van der Waals surface area contributed by atoms with Gasteiger partial charge in [0.2, 0.25) is 0 Å². The summed E-state index contributed by atoms with van der Waals surface area (Å²) in [6.45, 7) is 0. The number of nitrogens with zero attached hydrogens (tertiary/aromatic N) is 1. The predicted molar refractivity (Wildman–Crippen MR) is 83.6 cm³/mol. The second-order valence-electron chi connectivity index (χ2n) is 3.49. The van der Waals surface area contributed by atoms with E-state index in [4.69, 9.17) is 4.74 Å². The minimum Gasteiger partial charge on any atom is -0.497 e. The molecule has 0 bridgehead atoms. The summed E-state index contributed by atoms with van der Waals surface area (Å²) in [6.07, 6.45) is 1.74. The summed E-state index contributed by atoms with van der Waals surface area (Å²) in [5.74, 6) is 1.53. The van der Waals surface area contributed by atoms with Crippen LogP contribution in [0, 0.1) is 0 Å². The number of ether oxygens (including phenoxy) is 1. The van der Waals surface area contributed by atoms with E-state index < -0.39 is 0 Å². The summed E-state index contributed by atoms with van der Waals surface area (Å²) in [6, 6.07) is 7.69. The maximum absolute atomic E-state index is 5.21. The Labute approximate surface area is 130 Å². The van der Waals surface area contributed by atoms with E-state index in [9.17, 15) is 0 Å². The van der Waals surface area contributed by atoms with Gasteiger partial charge in [-0.1, -0.05) is 15.9 Å². The molecule has 0 aliphatic heterocycles. The summed E-state index contributed by atoms with van der Waals surface area (Å²) in [5, 5.41) is 3.23. The van der Waals surface area contributed by atoms with E-state index in [0.29, 0.717) is 0 Å². The number of hydrogen-bond acceptors (Lipinski definition) is 3. The molecule has 1 heterocycles. The smallest absolute Gasteiger partial charge is 0.144 e. The number of halogens is 3. The van der Waals surface area contributed by atoms with Crippen LogP contribution in [-0.4, -0.2) is 12.1 Å². The van der Waals surface area contributed by atoms with Crippen molar-refractivity contribution in [1.82, 2.24) is 4.98 Å². The van der Waals surface area contributed by atoms with Crippen LogP contribution in [-0.2, 0) is 0 Å². The van der Waals surface area contributed by atoms with Crippen LogP contribution in [0.5, 0.6) is 5.75 Å². The number of anilines is 2. The molecule has 0 aliphatic carbocycles. The summed E-state index contributed by atoms with van der Waals surface area (Å²) in [5.41, 5.74) is 0.900. The zero-order valence-corrected chi connectivity index (χ0v) is 14.1. The van der Waals surface area contributed by atoms with Crippen molar-refractivity contribution in [3.63, 3.8) is 0 Å². The minimum atomic E-state index is 0.748. The molecular weight excluding hydrogens is 428 g/mol. The Morgan fingerprint density at radius 2 is 1.83 bits per heavy atom. The highest BCUT2D eigenvalue weighted by Crippen LogP contribution is 2.30. The van der Waals surface area contributed by atoms with Gasteiger partial charge < -0.3 is 10.1 Å². The maximum Gasteiger partial charge on any atom is 0.144 e. The third-order valence-electron chi connectivity index (χ3n) is 2.18. The predicted octanol–water partition coefficient (Wildman–Crippen LogP) is 5.12. The number of hydrogen-bond donors (Lipinski definition) is 1. The molecule has 1 N–H and O–H groups in total. The van der Waals surface area contributed by atoms with Crippen LogP contribution in [0.3, 0.4) is 0 Å². The van der Waals surface area contributed by atoms with Gasteiger partial charge >= 0.3 is 0 Å². The zero-order chi connectivity index (χ0) is 13.1. The van der Waals surface area contributed by atoms with E-state index in [1.54, 1.807) is 13.3 Å². The van der Waals surface area contributed by atoms with Crippen LogP contribution >= 0.6 is 47.8 Å². The van der Waals surface area contributed by atoms with Gasteiger partial charge in [-0.25, -0.2) is 4.98 Å². The lowest BCUT2D eigenvalue weighted by Gasteiger charge is -2.10. The summed E-state index contributed by atoms with van der Waals surface area (Å²) in [7, 11) is 1.64. The van der Waals surface area contributed by atoms with E-state index in [0.717, 1.165) is 30.7 Å². The van der Waals surface area contributed by atoms with Gasteiger partial charge in [0.25, 0.3) is 0 Å². The molecule has 0 saturated heterocycles. The van der Waals surface area contributed by atoms with Crippen molar-refractivity contribution in [3.8, 4) is 5.75 Å². The van der Waals surface area contributed by atoms with Gasteiger partial charge in [0.05, 0.1) is 11.6 Å². The van der Waals surface area contributed by atoms with Crippen LogP contribution in [0.2, 0.25) is 0 Å². The average molecular weight is 437 g/mol. The number of rotatable bonds is 3. The Morgan fingerprint density at radius 3 is 2.50 bits per heavy atom. The third kappa shape index (κ3) is 3.46. The monoisotopic (exact) mass is 434 g/mol. The largest absolute Gasteiger partial charge is 0.497 e. The van der Waals surface area contributed by atoms with Crippen LogP contribution in [0.4, 0.5) is 11.5 Å². The molecule has 2 rings (SSSR count). The Kier molecular flexibility index (Phi) is 4.64. The van der Waals surface area contributed by atoms with Crippen molar-refractivity contribution < 1.29 is 4.74 Å². The summed E-state index contributed by atoms with van der Waals surface area (Å²) in [4.78, 5) is 4.30. The van der Waals surface area contributed by atoms with Gasteiger partial charge in [-0.3, -0.25) is 0 Å². The van der Waals surface area contributed by atoms with Gasteiger partial charge in [0.1, 0.15) is 11.6 Å². The van der Waals surface area contributed by atoms with Crippen LogP contribution in [0.25, 0.3) is 0 Å². The summed E-state index contributed by atoms with van der Waals surface area (Å²) < 4.78 is 7.96. The Hall–Kier alpha value is -0.590. The molecular formula is C12H9Br3N2O. The Bertz CT molecular complexity index is 575. The first-order chi connectivity index (χ1) is 8.58. The Morgan fingerprint density at radius 1 is 1.06 bits per heavy atom. The molecule has 0 aliphatic rings. The number of nitrogens with one attached hydrogen (secondary N) is 1. The summed E-state index contributed by atoms with van der Waals surface area (Å²) >= 11 is 10.3. The second kappa shape index (κ2) is 6.04. The second-order valence-corrected chi connectivity index (χ2v) is 6.17. The molecule has 0 spiro atoms. The highest BCUT2D eigenvalue weighted by atomic mass is 79.9. The van der Waals surface area contributed by atoms with Gasteiger partial charge in [0.15, 0.2) is 0 Å². The van der Waals surface area contributed by atoms with Crippen LogP contribution in [0.1, 0.15) is 0 Å². The van der Waals surface area contributed by atoms with Gasteiger partial charge in [-0.05, 0) is 50.1 Å².